The van der Waals surface area contributed by atoms with Gasteiger partial charge in [0.05, 0.1) is 10.5 Å². The van der Waals surface area contributed by atoms with Crippen molar-refractivity contribution in [2.24, 2.45) is 0 Å². The van der Waals surface area contributed by atoms with E-state index in [4.69, 9.17) is 0 Å². The van der Waals surface area contributed by atoms with Crippen LogP contribution in [-0.4, -0.2) is 26.0 Å². The summed E-state index contributed by atoms with van der Waals surface area (Å²) < 4.78 is 0.660. The van der Waals surface area contributed by atoms with Crippen LogP contribution in [0.3, 0.4) is 0 Å². The number of hydrogen-bond acceptors (Lipinski definition) is 8. The highest BCUT2D eigenvalue weighted by atomic mass is 32.2. The predicted octanol–water partition coefficient (Wildman–Crippen LogP) is 3.39. The minimum Gasteiger partial charge on any atom is -0.296 e. The average molecular weight is 373 g/mol. The molecular weight excluding hydrogens is 362 g/mol. The van der Waals surface area contributed by atoms with E-state index >= 15 is 0 Å². The molecule has 0 fully saturated rings. The summed E-state index contributed by atoms with van der Waals surface area (Å²) in [6, 6.07) is 9.76. The lowest BCUT2D eigenvalue weighted by atomic mass is 10.2. The predicted molar refractivity (Wildman–Crippen MR) is 94.8 cm³/mol. The maximum atomic E-state index is 12.0. The molecule has 0 aliphatic carbocycles. The normalized spacial score (nSPS) is 10.4. The van der Waals surface area contributed by atoms with Gasteiger partial charge < -0.3 is 0 Å². The quantitative estimate of drug-likeness (QED) is 0.305. The van der Waals surface area contributed by atoms with Crippen LogP contribution in [0, 0.1) is 10.1 Å². The summed E-state index contributed by atoms with van der Waals surface area (Å²) in [6.45, 7) is 0. The van der Waals surface area contributed by atoms with Crippen molar-refractivity contribution in [3.05, 3.63) is 70.0 Å². The van der Waals surface area contributed by atoms with Crippen molar-refractivity contribution in [2.75, 3.05) is 5.32 Å². The maximum Gasteiger partial charge on any atom is 0.269 e. The second kappa shape index (κ2) is 7.81. The third-order valence-corrected chi connectivity index (χ3v) is 5.08. The average Bonchev–Trinajstić information content (AvgIpc) is 3.08. The fourth-order valence-electron chi connectivity index (χ4n) is 1.89. The van der Waals surface area contributed by atoms with Crippen LogP contribution in [0.5, 0.6) is 0 Å². The molecule has 0 aliphatic rings. The van der Waals surface area contributed by atoms with Crippen molar-refractivity contribution in [1.82, 2.24) is 15.2 Å². The fourth-order valence-corrected chi connectivity index (χ4v) is 3.58. The number of rotatable bonds is 6. The van der Waals surface area contributed by atoms with Gasteiger partial charge in [-0.2, -0.15) is 0 Å². The number of benzene rings is 1. The van der Waals surface area contributed by atoms with Gasteiger partial charge in [0, 0.05) is 30.3 Å². The van der Waals surface area contributed by atoms with Crippen LogP contribution in [0.2, 0.25) is 0 Å². The molecule has 0 unspecified atom stereocenters. The molecule has 10 heteroatoms. The molecule has 1 aromatic carbocycles. The lowest BCUT2D eigenvalue weighted by molar-refractivity contribution is -0.384. The van der Waals surface area contributed by atoms with E-state index in [0.29, 0.717) is 20.8 Å². The summed E-state index contributed by atoms with van der Waals surface area (Å²) >= 11 is 2.64. The van der Waals surface area contributed by atoms with Crippen molar-refractivity contribution in [3.8, 4) is 0 Å². The van der Waals surface area contributed by atoms with E-state index in [0.717, 1.165) is 5.56 Å². The van der Waals surface area contributed by atoms with Gasteiger partial charge >= 0.3 is 0 Å². The molecule has 126 valence electrons. The molecule has 0 saturated carbocycles. The molecule has 2 heterocycles. The summed E-state index contributed by atoms with van der Waals surface area (Å²) in [6.07, 6.45) is 3.05. The van der Waals surface area contributed by atoms with E-state index in [-0.39, 0.29) is 11.6 Å². The molecule has 0 radical (unpaired) electrons. The highest BCUT2D eigenvalue weighted by Crippen LogP contribution is 2.29. The van der Waals surface area contributed by atoms with Crippen LogP contribution in [0.1, 0.15) is 15.9 Å². The number of aromatic nitrogens is 3. The molecule has 25 heavy (non-hydrogen) atoms. The second-order valence-electron chi connectivity index (χ2n) is 4.78. The summed E-state index contributed by atoms with van der Waals surface area (Å²) in [5, 5.41) is 21.8. The third kappa shape index (κ3) is 4.58. The molecule has 3 rings (SSSR count). The number of amides is 1. The van der Waals surface area contributed by atoms with Crippen LogP contribution in [0.25, 0.3) is 0 Å². The molecule has 8 nitrogen and oxygen atoms in total. The number of thioether (sulfide) groups is 1. The largest absolute Gasteiger partial charge is 0.296 e. The molecule has 0 spiro atoms. The highest BCUT2D eigenvalue weighted by Gasteiger charge is 2.11. The number of hydrogen-bond donors (Lipinski definition) is 1. The monoisotopic (exact) mass is 373 g/mol. The Labute approximate surface area is 150 Å². The number of nitro groups is 1. The van der Waals surface area contributed by atoms with Gasteiger partial charge in [-0.05, 0) is 17.7 Å². The molecular formula is C15H11N5O3S2. The van der Waals surface area contributed by atoms with Crippen molar-refractivity contribution >= 4 is 39.8 Å². The number of carbonyl (C=O) groups excluding carboxylic acids is 1. The van der Waals surface area contributed by atoms with Crippen molar-refractivity contribution in [2.45, 2.75) is 10.1 Å². The lowest BCUT2D eigenvalue weighted by Crippen LogP contribution is -2.11. The zero-order valence-electron chi connectivity index (χ0n) is 12.7. The summed E-state index contributed by atoms with van der Waals surface area (Å²) in [7, 11) is 0. The number of nitrogens with zero attached hydrogens (tertiary/aromatic N) is 4. The lowest BCUT2D eigenvalue weighted by Gasteiger charge is -1.99. The first-order valence-corrected chi connectivity index (χ1v) is 8.83. The third-order valence-electron chi connectivity index (χ3n) is 3.03. The van der Waals surface area contributed by atoms with Crippen molar-refractivity contribution in [1.29, 1.82) is 0 Å². The molecule has 0 bridgehead atoms. The summed E-state index contributed by atoms with van der Waals surface area (Å²) in [5.41, 5.74) is 1.30. The van der Waals surface area contributed by atoms with Crippen molar-refractivity contribution < 1.29 is 9.72 Å². The maximum absolute atomic E-state index is 12.0. The van der Waals surface area contributed by atoms with E-state index in [1.165, 1.54) is 41.4 Å². The van der Waals surface area contributed by atoms with E-state index in [1.54, 1.807) is 24.4 Å². The van der Waals surface area contributed by atoms with Gasteiger partial charge in [-0.25, -0.2) is 0 Å². The first-order chi connectivity index (χ1) is 12.1. The van der Waals surface area contributed by atoms with Crippen LogP contribution < -0.4 is 5.32 Å². The molecule has 1 N–H and O–H groups in total. The van der Waals surface area contributed by atoms with Crippen LogP contribution in [-0.2, 0) is 5.75 Å². The number of pyridine rings is 1. The standard InChI is InChI=1S/C15H11N5O3S2/c21-13(11-4-2-6-16-8-11)17-14-18-19-15(25-14)24-9-10-3-1-5-12(7-10)20(22)23/h1-8H,9H2,(H,17,18,21). The molecule has 3 aromatic rings. The van der Waals surface area contributed by atoms with Gasteiger partial charge in [-0.1, -0.05) is 35.2 Å². The summed E-state index contributed by atoms with van der Waals surface area (Å²) in [4.78, 5) is 26.3. The molecule has 0 aliphatic heterocycles. The Morgan fingerprint density at radius 1 is 1.28 bits per heavy atom. The van der Waals surface area contributed by atoms with E-state index in [9.17, 15) is 14.9 Å². The number of nitro benzene ring substituents is 1. The first-order valence-electron chi connectivity index (χ1n) is 7.03. The minimum absolute atomic E-state index is 0.0554. The van der Waals surface area contributed by atoms with Crippen LogP contribution >= 0.6 is 23.1 Å². The zero-order chi connectivity index (χ0) is 17.6. The zero-order valence-corrected chi connectivity index (χ0v) is 14.3. The molecule has 0 atom stereocenters. The number of nitrogens with one attached hydrogen (secondary N) is 1. The van der Waals surface area contributed by atoms with Gasteiger partial charge in [0.2, 0.25) is 5.13 Å². The highest BCUT2D eigenvalue weighted by molar-refractivity contribution is 8.00. The summed E-state index contributed by atoms with van der Waals surface area (Å²) in [5.74, 6) is 0.215. The topological polar surface area (TPSA) is 111 Å². The number of non-ortho nitro benzene ring substituents is 1. The van der Waals surface area contributed by atoms with Gasteiger partial charge in [-0.3, -0.25) is 25.2 Å². The Hall–Kier alpha value is -2.85. The Morgan fingerprint density at radius 2 is 2.16 bits per heavy atom. The van der Waals surface area contributed by atoms with E-state index in [1.807, 2.05) is 6.07 Å². The molecule has 1 amide bonds. The Morgan fingerprint density at radius 3 is 2.92 bits per heavy atom. The fraction of sp³-hybridized carbons (Fsp3) is 0.0667. The van der Waals surface area contributed by atoms with E-state index < -0.39 is 4.92 Å². The van der Waals surface area contributed by atoms with Gasteiger partial charge in [0.1, 0.15) is 0 Å². The van der Waals surface area contributed by atoms with Gasteiger partial charge in [0.15, 0.2) is 4.34 Å². The van der Waals surface area contributed by atoms with Crippen LogP contribution in [0.15, 0.2) is 53.1 Å². The smallest absolute Gasteiger partial charge is 0.269 e. The number of carbonyl (C=O) groups is 1. The van der Waals surface area contributed by atoms with Crippen LogP contribution in [0.4, 0.5) is 10.8 Å². The second-order valence-corrected chi connectivity index (χ2v) is 6.98. The van der Waals surface area contributed by atoms with E-state index in [2.05, 4.69) is 20.5 Å². The Balaban J connectivity index is 1.59. The minimum atomic E-state index is -0.425. The SMILES string of the molecule is O=C(Nc1nnc(SCc2cccc([N+](=O)[O-])c2)s1)c1cccnc1. The molecule has 0 saturated heterocycles. The Kier molecular flexibility index (Phi) is 5.31. The molecule has 2 aromatic heterocycles. The Bertz CT molecular complexity index is 901. The number of anilines is 1. The van der Waals surface area contributed by atoms with Gasteiger partial charge in [0.25, 0.3) is 11.6 Å². The first kappa shape index (κ1) is 17.0. The van der Waals surface area contributed by atoms with Gasteiger partial charge in [-0.15, -0.1) is 10.2 Å². The van der Waals surface area contributed by atoms with Crippen molar-refractivity contribution in [3.63, 3.8) is 0 Å².